The van der Waals surface area contributed by atoms with Crippen molar-refractivity contribution in [1.29, 1.82) is 0 Å². The number of hydrogen-bond donors (Lipinski definition) is 0. The predicted molar refractivity (Wildman–Crippen MR) is 65.2 cm³/mol. The third-order valence-electron chi connectivity index (χ3n) is 3.23. The largest absolute Gasteiger partial charge is 0.416 e. The molecule has 0 N–H and O–H groups in total. The number of benzene rings is 1. The lowest BCUT2D eigenvalue weighted by Gasteiger charge is -2.16. The number of rotatable bonds is 3. The summed E-state index contributed by atoms with van der Waals surface area (Å²) in [5.41, 5.74) is 0.0269. The molecule has 1 atom stereocenters. The normalized spacial score (nSPS) is 19.8. The van der Waals surface area contributed by atoms with Gasteiger partial charge in [-0.3, -0.25) is 4.79 Å². The Bertz CT molecular complexity index is 478. The SMILES string of the molecule is C=CC1CC(=O)N(Cc2ccc(C(F)(F)F)cc2)C1. The van der Waals surface area contributed by atoms with Gasteiger partial charge in [-0.05, 0) is 17.7 Å². The molecule has 1 heterocycles. The minimum atomic E-state index is -4.32. The fraction of sp³-hybridized carbons (Fsp3) is 0.357. The Morgan fingerprint density at radius 3 is 2.42 bits per heavy atom. The van der Waals surface area contributed by atoms with Crippen LogP contribution in [0.3, 0.4) is 0 Å². The molecule has 1 unspecified atom stereocenters. The lowest BCUT2D eigenvalue weighted by atomic mass is 10.1. The van der Waals surface area contributed by atoms with Gasteiger partial charge in [-0.15, -0.1) is 6.58 Å². The van der Waals surface area contributed by atoms with E-state index >= 15 is 0 Å². The third kappa shape index (κ3) is 3.16. The molecule has 0 spiro atoms. The average molecular weight is 269 g/mol. The summed E-state index contributed by atoms with van der Waals surface area (Å²) in [6.45, 7) is 4.59. The Balaban J connectivity index is 2.04. The minimum Gasteiger partial charge on any atom is -0.338 e. The molecule has 5 heteroatoms. The molecule has 1 aromatic rings. The van der Waals surface area contributed by atoms with Gasteiger partial charge in [-0.25, -0.2) is 0 Å². The summed E-state index contributed by atoms with van der Waals surface area (Å²) in [6, 6.07) is 4.91. The van der Waals surface area contributed by atoms with Crippen LogP contribution >= 0.6 is 0 Å². The lowest BCUT2D eigenvalue weighted by Crippen LogP contribution is -2.24. The number of hydrogen-bond acceptors (Lipinski definition) is 1. The van der Waals surface area contributed by atoms with E-state index in [1.54, 1.807) is 11.0 Å². The van der Waals surface area contributed by atoms with E-state index in [4.69, 9.17) is 0 Å². The Morgan fingerprint density at radius 1 is 1.32 bits per heavy atom. The molecule has 1 aliphatic heterocycles. The summed E-state index contributed by atoms with van der Waals surface area (Å²) >= 11 is 0. The molecule has 1 aromatic carbocycles. The van der Waals surface area contributed by atoms with Crippen molar-refractivity contribution in [2.24, 2.45) is 5.92 Å². The smallest absolute Gasteiger partial charge is 0.338 e. The number of carbonyl (C=O) groups excluding carboxylic acids is 1. The topological polar surface area (TPSA) is 20.3 Å². The molecule has 1 amide bonds. The maximum Gasteiger partial charge on any atom is 0.416 e. The molecule has 1 saturated heterocycles. The summed E-state index contributed by atoms with van der Waals surface area (Å²) in [7, 11) is 0. The molecule has 1 fully saturated rings. The summed E-state index contributed by atoms with van der Waals surface area (Å²) in [5.74, 6) is 0.159. The average Bonchev–Trinajstić information content (AvgIpc) is 2.70. The van der Waals surface area contributed by atoms with Gasteiger partial charge in [0.15, 0.2) is 0 Å². The van der Waals surface area contributed by atoms with Crippen molar-refractivity contribution in [3.8, 4) is 0 Å². The van der Waals surface area contributed by atoms with E-state index in [0.717, 1.165) is 12.1 Å². The first kappa shape index (κ1) is 13.6. The van der Waals surface area contributed by atoms with Crippen LogP contribution in [0.2, 0.25) is 0 Å². The molecule has 1 aliphatic rings. The van der Waals surface area contributed by atoms with Gasteiger partial charge in [0.1, 0.15) is 0 Å². The van der Waals surface area contributed by atoms with Crippen molar-refractivity contribution in [3.05, 3.63) is 48.0 Å². The van der Waals surface area contributed by atoms with Crippen LogP contribution in [-0.4, -0.2) is 17.4 Å². The van der Waals surface area contributed by atoms with Gasteiger partial charge in [0.05, 0.1) is 5.56 Å². The Labute approximate surface area is 109 Å². The van der Waals surface area contributed by atoms with Crippen molar-refractivity contribution in [2.45, 2.75) is 19.1 Å². The monoisotopic (exact) mass is 269 g/mol. The van der Waals surface area contributed by atoms with Gasteiger partial charge in [0.2, 0.25) is 5.91 Å². The van der Waals surface area contributed by atoms with Gasteiger partial charge < -0.3 is 4.90 Å². The van der Waals surface area contributed by atoms with Gasteiger partial charge in [-0.2, -0.15) is 13.2 Å². The van der Waals surface area contributed by atoms with E-state index in [-0.39, 0.29) is 11.8 Å². The fourth-order valence-electron chi connectivity index (χ4n) is 2.13. The maximum absolute atomic E-state index is 12.4. The van der Waals surface area contributed by atoms with Crippen molar-refractivity contribution in [1.82, 2.24) is 4.90 Å². The molecule has 0 saturated carbocycles. The zero-order valence-electron chi connectivity index (χ0n) is 10.3. The highest BCUT2D eigenvalue weighted by atomic mass is 19.4. The Morgan fingerprint density at radius 2 is 1.95 bits per heavy atom. The van der Waals surface area contributed by atoms with Crippen LogP contribution in [0.5, 0.6) is 0 Å². The van der Waals surface area contributed by atoms with E-state index in [9.17, 15) is 18.0 Å². The molecular formula is C14H14F3NO. The van der Waals surface area contributed by atoms with Gasteiger partial charge in [0, 0.05) is 25.4 Å². The van der Waals surface area contributed by atoms with Crippen LogP contribution in [0.25, 0.3) is 0 Å². The molecule has 0 aromatic heterocycles. The highest BCUT2D eigenvalue weighted by Crippen LogP contribution is 2.29. The quantitative estimate of drug-likeness (QED) is 0.771. The zero-order valence-corrected chi connectivity index (χ0v) is 10.3. The summed E-state index contributed by atoms with van der Waals surface area (Å²) in [4.78, 5) is 13.3. The van der Waals surface area contributed by atoms with Gasteiger partial charge >= 0.3 is 6.18 Å². The number of carbonyl (C=O) groups is 1. The fourth-order valence-corrected chi connectivity index (χ4v) is 2.13. The molecule has 0 aliphatic carbocycles. The molecule has 102 valence electrons. The van der Waals surface area contributed by atoms with Crippen molar-refractivity contribution < 1.29 is 18.0 Å². The summed E-state index contributed by atoms with van der Waals surface area (Å²) in [6.07, 6.45) is -2.15. The highest BCUT2D eigenvalue weighted by Gasteiger charge is 2.30. The lowest BCUT2D eigenvalue weighted by molar-refractivity contribution is -0.137. The zero-order chi connectivity index (χ0) is 14.0. The Hall–Kier alpha value is -1.78. The number of halogens is 3. The van der Waals surface area contributed by atoms with Gasteiger partial charge in [-0.1, -0.05) is 18.2 Å². The van der Waals surface area contributed by atoms with E-state index < -0.39 is 11.7 Å². The summed E-state index contributed by atoms with van der Waals surface area (Å²) in [5, 5.41) is 0. The molecule has 0 radical (unpaired) electrons. The standard InChI is InChI=1S/C14H14F3NO/c1-2-10-7-13(19)18(8-10)9-11-3-5-12(6-4-11)14(15,16)17/h2-6,10H,1,7-9H2. The second kappa shape index (κ2) is 5.07. The maximum atomic E-state index is 12.4. The van der Waals surface area contributed by atoms with E-state index in [0.29, 0.717) is 25.1 Å². The van der Waals surface area contributed by atoms with Crippen molar-refractivity contribution in [2.75, 3.05) is 6.54 Å². The van der Waals surface area contributed by atoms with Crippen LogP contribution in [0, 0.1) is 5.92 Å². The molecule has 0 bridgehead atoms. The van der Waals surface area contributed by atoms with Crippen LogP contribution < -0.4 is 0 Å². The van der Waals surface area contributed by atoms with Crippen molar-refractivity contribution in [3.63, 3.8) is 0 Å². The second-order valence-corrected chi connectivity index (χ2v) is 4.67. The first-order valence-corrected chi connectivity index (χ1v) is 5.96. The van der Waals surface area contributed by atoms with Crippen LogP contribution in [-0.2, 0) is 17.5 Å². The molecule has 2 nitrogen and oxygen atoms in total. The van der Waals surface area contributed by atoms with E-state index in [1.807, 2.05) is 0 Å². The second-order valence-electron chi connectivity index (χ2n) is 4.67. The Kier molecular flexibility index (Phi) is 3.64. The van der Waals surface area contributed by atoms with Gasteiger partial charge in [0.25, 0.3) is 0 Å². The number of alkyl halides is 3. The van der Waals surface area contributed by atoms with Crippen LogP contribution in [0.15, 0.2) is 36.9 Å². The first-order chi connectivity index (χ1) is 8.90. The molecular weight excluding hydrogens is 255 g/mol. The number of amides is 1. The van der Waals surface area contributed by atoms with E-state index in [2.05, 4.69) is 6.58 Å². The number of likely N-dealkylation sites (tertiary alicyclic amines) is 1. The predicted octanol–water partition coefficient (Wildman–Crippen LogP) is 3.24. The van der Waals surface area contributed by atoms with Crippen LogP contribution in [0.1, 0.15) is 17.5 Å². The number of nitrogens with zero attached hydrogens (tertiary/aromatic N) is 1. The highest BCUT2D eigenvalue weighted by molar-refractivity contribution is 5.79. The minimum absolute atomic E-state index is 0.0183. The van der Waals surface area contributed by atoms with E-state index in [1.165, 1.54) is 12.1 Å². The van der Waals surface area contributed by atoms with Crippen LogP contribution in [0.4, 0.5) is 13.2 Å². The first-order valence-electron chi connectivity index (χ1n) is 5.96. The third-order valence-corrected chi connectivity index (χ3v) is 3.23. The van der Waals surface area contributed by atoms with Crippen molar-refractivity contribution >= 4 is 5.91 Å². The molecule has 19 heavy (non-hydrogen) atoms. The summed E-state index contributed by atoms with van der Waals surface area (Å²) < 4.78 is 37.2. The molecule has 2 rings (SSSR count).